The fourth-order valence-corrected chi connectivity index (χ4v) is 5.87. The predicted octanol–water partition coefficient (Wildman–Crippen LogP) is 6.06. The van der Waals surface area contributed by atoms with Crippen LogP contribution in [0, 0.1) is 11.8 Å². The van der Waals surface area contributed by atoms with E-state index in [0.29, 0.717) is 16.5 Å². The Balaban J connectivity index is 2.72. The molecule has 2 aromatic rings. The highest BCUT2D eigenvalue weighted by Gasteiger charge is 2.39. The van der Waals surface area contributed by atoms with Crippen molar-refractivity contribution in [3.05, 3.63) is 69.7 Å². The van der Waals surface area contributed by atoms with E-state index in [1.165, 1.54) is 0 Å². The van der Waals surface area contributed by atoms with Gasteiger partial charge in [0.1, 0.15) is 0 Å². The molecule has 0 aromatic heterocycles. The van der Waals surface area contributed by atoms with Crippen molar-refractivity contribution in [3.63, 3.8) is 0 Å². The van der Waals surface area contributed by atoms with Crippen molar-refractivity contribution in [2.24, 2.45) is 11.8 Å². The molecule has 9 heteroatoms. The second-order valence-electron chi connectivity index (χ2n) is 9.84. The molecule has 2 aromatic carbocycles. The van der Waals surface area contributed by atoms with Gasteiger partial charge in [0.25, 0.3) is 0 Å². The number of hydrogen-bond donors (Lipinski definition) is 1. The summed E-state index contributed by atoms with van der Waals surface area (Å²) in [4.78, 5) is 27.0. The average molecular weight is 557 g/mol. The molecular weight excluding hydrogens is 521 g/mol. The normalized spacial score (nSPS) is 14.5. The van der Waals surface area contributed by atoms with Gasteiger partial charge in [0, 0.05) is 22.0 Å². The highest BCUT2D eigenvalue weighted by Crippen LogP contribution is 2.33. The van der Waals surface area contributed by atoms with Crippen LogP contribution in [-0.2, 0) is 25.8 Å². The minimum absolute atomic E-state index is 0.214. The van der Waals surface area contributed by atoms with Gasteiger partial charge in [-0.1, -0.05) is 68.2 Å². The number of halogens is 2. The van der Waals surface area contributed by atoms with Gasteiger partial charge in [-0.25, -0.2) is 8.42 Å². The molecule has 0 spiro atoms. The van der Waals surface area contributed by atoms with Gasteiger partial charge < -0.3 is 10.0 Å². The molecule has 6 nitrogen and oxygen atoms in total. The molecule has 0 unspecified atom stereocenters. The first-order chi connectivity index (χ1) is 16.7. The third-order valence-corrected chi connectivity index (χ3v) is 9.04. The molecule has 0 bridgehead atoms. The first-order valence-corrected chi connectivity index (χ1v) is 14.5. The van der Waals surface area contributed by atoms with Crippen LogP contribution in [0.25, 0.3) is 0 Å². The SMILES string of the molecule is CC(C)[C@@H](CS(=O)(=O)C(C)C)N(C(=O)[C@@H](C)CC(=O)O)[C@@H](Cc1cccc(Cl)c1)c1ccc(Cl)cc1. The van der Waals surface area contributed by atoms with Crippen LogP contribution < -0.4 is 0 Å². The maximum Gasteiger partial charge on any atom is 0.304 e. The number of sulfone groups is 1. The van der Waals surface area contributed by atoms with Crippen LogP contribution in [0.15, 0.2) is 48.5 Å². The fraction of sp³-hybridized carbons (Fsp3) is 0.481. The van der Waals surface area contributed by atoms with Crippen molar-refractivity contribution in [3.8, 4) is 0 Å². The zero-order chi connectivity index (χ0) is 27.2. The molecule has 2 rings (SSSR count). The Morgan fingerprint density at radius 3 is 2.06 bits per heavy atom. The Kier molecular flexibility index (Phi) is 10.8. The largest absolute Gasteiger partial charge is 0.481 e. The number of aliphatic carboxylic acids is 1. The molecule has 0 saturated heterocycles. The van der Waals surface area contributed by atoms with Gasteiger partial charge in [0.15, 0.2) is 9.84 Å². The molecule has 3 atom stereocenters. The van der Waals surface area contributed by atoms with Crippen molar-refractivity contribution >= 4 is 44.9 Å². The lowest BCUT2D eigenvalue weighted by Crippen LogP contribution is -2.52. The standard InChI is InChI=1S/C27H35Cl2NO5S/c1-17(2)25(16-36(34,35)18(3)4)30(27(33)19(5)13-26(31)32)24(21-9-11-22(28)12-10-21)15-20-7-6-8-23(29)14-20/h6-12,14,17-19,24-25H,13,15-16H2,1-5H3,(H,31,32)/t19-,24-,25+/m0/s1. The van der Waals surface area contributed by atoms with Crippen LogP contribution in [0.4, 0.5) is 0 Å². The lowest BCUT2D eigenvalue weighted by Gasteiger charge is -2.42. The Hall–Kier alpha value is -2.09. The third-order valence-electron chi connectivity index (χ3n) is 6.31. The molecule has 198 valence electrons. The maximum absolute atomic E-state index is 13.9. The van der Waals surface area contributed by atoms with E-state index in [1.54, 1.807) is 43.9 Å². The number of nitrogens with zero attached hydrogens (tertiary/aromatic N) is 1. The number of amides is 1. The van der Waals surface area contributed by atoms with Crippen LogP contribution in [0.3, 0.4) is 0 Å². The summed E-state index contributed by atoms with van der Waals surface area (Å²) in [6.07, 6.45) is 0.000250. The zero-order valence-corrected chi connectivity index (χ0v) is 23.6. The molecule has 0 saturated carbocycles. The number of carboxylic acids is 1. The molecular formula is C27H35Cl2NO5S. The van der Waals surface area contributed by atoms with E-state index in [0.717, 1.165) is 11.1 Å². The quantitative estimate of drug-likeness (QED) is 0.343. The highest BCUT2D eigenvalue weighted by atomic mass is 35.5. The zero-order valence-electron chi connectivity index (χ0n) is 21.3. The summed E-state index contributed by atoms with van der Waals surface area (Å²) < 4.78 is 26.1. The lowest BCUT2D eigenvalue weighted by molar-refractivity contribution is -0.147. The van der Waals surface area contributed by atoms with Crippen molar-refractivity contribution in [2.75, 3.05) is 5.75 Å². The van der Waals surface area contributed by atoms with Crippen LogP contribution in [0.2, 0.25) is 10.0 Å². The van der Waals surface area contributed by atoms with E-state index in [4.69, 9.17) is 23.2 Å². The Bertz CT molecular complexity index is 1150. The highest BCUT2D eigenvalue weighted by molar-refractivity contribution is 7.92. The number of benzene rings is 2. The topological polar surface area (TPSA) is 91.8 Å². The van der Waals surface area contributed by atoms with Crippen LogP contribution in [0.5, 0.6) is 0 Å². The van der Waals surface area contributed by atoms with E-state index in [-0.39, 0.29) is 18.1 Å². The minimum atomic E-state index is -3.52. The van der Waals surface area contributed by atoms with Gasteiger partial charge in [0.05, 0.1) is 23.5 Å². The molecule has 36 heavy (non-hydrogen) atoms. The number of carbonyl (C=O) groups is 2. The maximum atomic E-state index is 13.9. The van der Waals surface area contributed by atoms with Gasteiger partial charge in [-0.15, -0.1) is 0 Å². The number of rotatable bonds is 12. The summed E-state index contributed by atoms with van der Waals surface area (Å²) in [6.45, 7) is 8.56. The lowest BCUT2D eigenvalue weighted by atomic mass is 9.91. The fourth-order valence-electron chi connectivity index (χ4n) is 4.13. The first kappa shape index (κ1) is 30.1. The van der Waals surface area contributed by atoms with E-state index in [1.807, 2.05) is 44.2 Å². The van der Waals surface area contributed by atoms with E-state index in [9.17, 15) is 23.1 Å². The summed E-state index contributed by atoms with van der Waals surface area (Å²) >= 11 is 12.4. The monoisotopic (exact) mass is 555 g/mol. The molecule has 0 radical (unpaired) electrons. The Morgan fingerprint density at radius 1 is 0.944 bits per heavy atom. The number of carboxylic acid groups (broad SMARTS) is 1. The third kappa shape index (κ3) is 8.22. The van der Waals surface area contributed by atoms with Gasteiger partial charge in [0.2, 0.25) is 5.91 Å². The van der Waals surface area contributed by atoms with Crippen LogP contribution in [-0.4, -0.2) is 47.3 Å². The Morgan fingerprint density at radius 2 is 1.56 bits per heavy atom. The predicted molar refractivity (Wildman–Crippen MR) is 145 cm³/mol. The summed E-state index contributed by atoms with van der Waals surface area (Å²) in [5.41, 5.74) is 1.63. The second kappa shape index (κ2) is 12.9. The summed E-state index contributed by atoms with van der Waals surface area (Å²) in [5.74, 6) is -2.79. The van der Waals surface area contributed by atoms with Crippen LogP contribution >= 0.6 is 23.2 Å². The second-order valence-corrected chi connectivity index (χ2v) is 13.3. The van der Waals surface area contributed by atoms with E-state index in [2.05, 4.69) is 0 Å². The summed E-state index contributed by atoms with van der Waals surface area (Å²) in [6, 6.07) is 13.1. The first-order valence-electron chi connectivity index (χ1n) is 12.0. The molecule has 1 amide bonds. The molecule has 0 aliphatic rings. The number of hydrogen-bond acceptors (Lipinski definition) is 4. The number of carbonyl (C=O) groups excluding carboxylic acids is 1. The summed E-state index contributed by atoms with van der Waals surface area (Å²) in [5, 5.41) is 9.83. The van der Waals surface area contributed by atoms with Crippen molar-refractivity contribution in [2.45, 2.75) is 64.8 Å². The summed E-state index contributed by atoms with van der Waals surface area (Å²) in [7, 11) is -3.52. The van der Waals surface area contributed by atoms with E-state index >= 15 is 0 Å². The van der Waals surface area contributed by atoms with Gasteiger partial charge in [-0.3, -0.25) is 9.59 Å². The van der Waals surface area contributed by atoms with Gasteiger partial charge >= 0.3 is 5.97 Å². The van der Waals surface area contributed by atoms with Crippen molar-refractivity contribution in [1.82, 2.24) is 4.90 Å². The van der Waals surface area contributed by atoms with Gasteiger partial charge in [-0.05, 0) is 61.6 Å². The van der Waals surface area contributed by atoms with Crippen LogP contribution in [0.1, 0.15) is 58.2 Å². The molecule has 0 heterocycles. The Labute approximate surface area is 224 Å². The molecule has 0 aliphatic heterocycles. The molecule has 0 aliphatic carbocycles. The minimum Gasteiger partial charge on any atom is -0.481 e. The molecule has 1 N–H and O–H groups in total. The van der Waals surface area contributed by atoms with E-state index < -0.39 is 45.0 Å². The van der Waals surface area contributed by atoms with Gasteiger partial charge in [-0.2, -0.15) is 0 Å². The molecule has 0 fully saturated rings. The van der Waals surface area contributed by atoms with Crippen molar-refractivity contribution < 1.29 is 23.1 Å². The smallest absolute Gasteiger partial charge is 0.304 e. The average Bonchev–Trinajstić information content (AvgIpc) is 2.77. The van der Waals surface area contributed by atoms with Crippen molar-refractivity contribution in [1.29, 1.82) is 0 Å².